The average molecular weight is 443 g/mol. The lowest BCUT2D eigenvalue weighted by Gasteiger charge is -2.14. The average Bonchev–Trinajstić information content (AvgIpc) is 2.93. The van der Waals surface area contributed by atoms with Gasteiger partial charge in [-0.1, -0.05) is 13.0 Å². The Morgan fingerprint density at radius 1 is 1.07 bits per heavy atom. The van der Waals surface area contributed by atoms with Crippen molar-refractivity contribution >= 4 is 27.7 Å². The monoisotopic (exact) mass is 443 g/mol. The summed E-state index contributed by atoms with van der Waals surface area (Å²) in [6.07, 6.45) is -3.53. The lowest BCUT2D eigenvalue weighted by atomic mass is 10.1. The van der Waals surface area contributed by atoms with Crippen LogP contribution in [0.2, 0.25) is 0 Å². The molecule has 0 atom stereocenters. The molecule has 1 aromatic heterocycles. The number of benzene rings is 1. The number of aromatic nitrogens is 1. The normalized spacial score (nSPS) is 13.4. The van der Waals surface area contributed by atoms with Crippen molar-refractivity contribution in [3.8, 4) is 11.3 Å². The van der Waals surface area contributed by atoms with Crippen LogP contribution in [0.15, 0.2) is 40.6 Å². The van der Waals surface area contributed by atoms with E-state index in [0.29, 0.717) is 11.8 Å². The van der Waals surface area contributed by atoms with Crippen LogP contribution in [-0.2, 0) is 23.1 Å². The second-order valence-electron chi connectivity index (χ2n) is 5.68. The fourth-order valence-corrected chi connectivity index (χ4v) is 3.96. The SMILES string of the molecule is CCS(=O)(=O)c1cc(C(F)(F)F)ccc1-c1ccc(/C=C/SC(F)(F)F)n1C. The van der Waals surface area contributed by atoms with Crippen LogP contribution < -0.4 is 0 Å². The van der Waals surface area contributed by atoms with Crippen LogP contribution in [0, 0.1) is 0 Å². The maximum Gasteiger partial charge on any atom is 0.445 e. The van der Waals surface area contributed by atoms with Crippen molar-refractivity contribution in [3.63, 3.8) is 0 Å². The zero-order chi connectivity index (χ0) is 21.3. The Morgan fingerprint density at radius 3 is 2.25 bits per heavy atom. The van der Waals surface area contributed by atoms with E-state index in [1.807, 2.05) is 0 Å². The molecule has 0 aliphatic carbocycles. The summed E-state index contributed by atoms with van der Waals surface area (Å²) in [6.45, 7) is 1.31. The first-order chi connectivity index (χ1) is 12.8. The number of hydrogen-bond acceptors (Lipinski definition) is 3. The van der Waals surface area contributed by atoms with Crippen molar-refractivity contribution in [1.29, 1.82) is 0 Å². The van der Waals surface area contributed by atoms with Gasteiger partial charge in [0.15, 0.2) is 9.84 Å². The summed E-state index contributed by atoms with van der Waals surface area (Å²) in [5.74, 6) is -0.402. The second kappa shape index (κ2) is 7.86. The molecule has 154 valence electrons. The van der Waals surface area contributed by atoms with Crippen LogP contribution in [0.5, 0.6) is 0 Å². The smallest absolute Gasteiger partial charge is 0.344 e. The highest BCUT2D eigenvalue weighted by atomic mass is 32.2. The van der Waals surface area contributed by atoms with Gasteiger partial charge in [0.05, 0.1) is 16.2 Å². The molecule has 1 heterocycles. The molecule has 0 bridgehead atoms. The van der Waals surface area contributed by atoms with Crippen molar-refractivity contribution in [1.82, 2.24) is 4.57 Å². The molecule has 0 fully saturated rings. The summed E-state index contributed by atoms with van der Waals surface area (Å²) in [4.78, 5) is -0.480. The van der Waals surface area contributed by atoms with Crippen LogP contribution in [0.1, 0.15) is 18.2 Å². The molecule has 0 saturated carbocycles. The van der Waals surface area contributed by atoms with E-state index in [1.54, 1.807) is 0 Å². The van der Waals surface area contributed by atoms with Gasteiger partial charge in [-0.3, -0.25) is 0 Å². The van der Waals surface area contributed by atoms with Gasteiger partial charge < -0.3 is 4.57 Å². The van der Waals surface area contributed by atoms with Crippen LogP contribution in [0.3, 0.4) is 0 Å². The fraction of sp³-hybridized carbons (Fsp3) is 0.294. The summed E-state index contributed by atoms with van der Waals surface area (Å²) in [6, 6.07) is 5.29. The van der Waals surface area contributed by atoms with Crippen molar-refractivity contribution in [3.05, 3.63) is 47.0 Å². The highest BCUT2D eigenvalue weighted by molar-refractivity contribution is 8.03. The second-order valence-corrected chi connectivity index (χ2v) is 8.90. The zero-order valence-corrected chi connectivity index (χ0v) is 16.2. The minimum absolute atomic E-state index is 0.0421. The third kappa shape index (κ3) is 5.13. The predicted octanol–water partition coefficient (Wildman–Crippen LogP) is 5.73. The van der Waals surface area contributed by atoms with E-state index >= 15 is 0 Å². The molecule has 0 unspecified atom stereocenters. The molecule has 1 aromatic carbocycles. The van der Waals surface area contributed by atoms with Crippen molar-refractivity contribution in [2.24, 2.45) is 7.05 Å². The van der Waals surface area contributed by atoms with Gasteiger partial charge in [-0.25, -0.2) is 8.42 Å². The van der Waals surface area contributed by atoms with E-state index in [0.717, 1.165) is 17.5 Å². The standard InChI is InChI=1S/C17H15F6NO2S2/c1-3-28(25,26)15-10-11(16(18,19)20)4-6-13(15)14-7-5-12(24(14)2)8-9-27-17(21,22)23/h4-10H,3H2,1-2H3/b9-8+. The lowest BCUT2D eigenvalue weighted by Crippen LogP contribution is -2.11. The lowest BCUT2D eigenvalue weighted by molar-refractivity contribution is -0.137. The molecule has 2 rings (SSSR count). The van der Waals surface area contributed by atoms with Gasteiger partial charge >= 0.3 is 11.7 Å². The van der Waals surface area contributed by atoms with Crippen molar-refractivity contribution in [2.45, 2.75) is 23.5 Å². The van der Waals surface area contributed by atoms with Gasteiger partial charge in [-0.15, -0.1) is 0 Å². The Labute approximate surface area is 162 Å². The zero-order valence-electron chi connectivity index (χ0n) is 14.6. The maximum atomic E-state index is 13.0. The quantitative estimate of drug-likeness (QED) is 0.554. The molecule has 0 amide bonds. The van der Waals surface area contributed by atoms with E-state index in [2.05, 4.69) is 0 Å². The number of thioether (sulfide) groups is 1. The molecule has 0 saturated heterocycles. The summed E-state index contributed by atoms with van der Waals surface area (Å²) >= 11 is -0.357. The molecular weight excluding hydrogens is 428 g/mol. The van der Waals surface area contributed by atoms with Crippen LogP contribution in [0.25, 0.3) is 17.3 Å². The Hall–Kier alpha value is -1.88. The Kier molecular flexibility index (Phi) is 6.29. The van der Waals surface area contributed by atoms with Crippen molar-refractivity contribution in [2.75, 3.05) is 5.75 Å². The largest absolute Gasteiger partial charge is 0.445 e. The number of halogens is 6. The third-order valence-electron chi connectivity index (χ3n) is 3.90. The van der Waals surface area contributed by atoms with Crippen LogP contribution in [0.4, 0.5) is 26.3 Å². The Balaban J connectivity index is 2.57. The summed E-state index contributed by atoms with van der Waals surface area (Å²) in [5.41, 5.74) is -4.91. The summed E-state index contributed by atoms with van der Waals surface area (Å²) in [5, 5.41) is 0.829. The molecule has 0 N–H and O–H groups in total. The highest BCUT2D eigenvalue weighted by Crippen LogP contribution is 2.37. The van der Waals surface area contributed by atoms with E-state index < -0.39 is 37.7 Å². The predicted molar refractivity (Wildman–Crippen MR) is 96.3 cm³/mol. The van der Waals surface area contributed by atoms with E-state index in [4.69, 9.17) is 0 Å². The van der Waals surface area contributed by atoms with Crippen molar-refractivity contribution < 1.29 is 34.8 Å². The molecule has 0 aliphatic rings. The minimum atomic E-state index is -4.71. The maximum absolute atomic E-state index is 13.0. The molecule has 0 spiro atoms. The topological polar surface area (TPSA) is 39.1 Å². The Bertz CT molecular complexity index is 988. The fourth-order valence-electron chi connectivity index (χ4n) is 2.47. The molecule has 3 nitrogen and oxygen atoms in total. The molecule has 11 heteroatoms. The van der Waals surface area contributed by atoms with Gasteiger partial charge in [-0.05, 0) is 47.5 Å². The van der Waals surface area contributed by atoms with Crippen LogP contribution >= 0.6 is 11.8 Å². The number of rotatable bonds is 5. The van der Waals surface area contributed by atoms with E-state index in [9.17, 15) is 34.8 Å². The first-order valence-corrected chi connectivity index (χ1v) is 10.3. The molecular formula is C17H15F6NO2S2. The van der Waals surface area contributed by atoms with Gasteiger partial charge in [0.1, 0.15) is 0 Å². The molecule has 0 radical (unpaired) electrons. The molecule has 28 heavy (non-hydrogen) atoms. The number of alkyl halides is 6. The first-order valence-electron chi connectivity index (χ1n) is 7.77. The van der Waals surface area contributed by atoms with Gasteiger partial charge in [0.25, 0.3) is 0 Å². The molecule has 2 aromatic rings. The number of sulfone groups is 1. The third-order valence-corrected chi connectivity index (χ3v) is 6.21. The summed E-state index contributed by atoms with van der Waals surface area (Å²) in [7, 11) is -2.51. The number of hydrogen-bond donors (Lipinski definition) is 0. The first kappa shape index (κ1) is 22.4. The van der Waals surface area contributed by atoms with E-state index in [1.165, 1.54) is 36.7 Å². The highest BCUT2D eigenvalue weighted by Gasteiger charge is 2.33. The minimum Gasteiger partial charge on any atom is -0.344 e. The van der Waals surface area contributed by atoms with E-state index in [-0.39, 0.29) is 23.0 Å². The number of nitrogens with zero attached hydrogens (tertiary/aromatic N) is 1. The Morgan fingerprint density at radius 2 is 1.71 bits per heavy atom. The van der Waals surface area contributed by atoms with Gasteiger partial charge in [0.2, 0.25) is 0 Å². The van der Waals surface area contributed by atoms with Crippen LogP contribution in [-0.4, -0.2) is 24.2 Å². The molecule has 0 aliphatic heterocycles. The van der Waals surface area contributed by atoms with Gasteiger partial charge in [-0.2, -0.15) is 26.3 Å². The summed E-state index contributed by atoms with van der Waals surface area (Å²) < 4.78 is 102. The van der Waals surface area contributed by atoms with Gasteiger partial charge in [0, 0.05) is 24.0 Å².